The molecule has 0 saturated heterocycles. The molecule has 0 radical (unpaired) electrons. The number of aromatic amines is 1. The van der Waals surface area contributed by atoms with Crippen LogP contribution in [0.3, 0.4) is 0 Å². The Hall–Kier alpha value is -0.920. The maximum absolute atomic E-state index is 10.9. The van der Waals surface area contributed by atoms with Gasteiger partial charge in [0.1, 0.15) is 0 Å². The van der Waals surface area contributed by atoms with Crippen molar-refractivity contribution >= 4 is 31.1 Å². The van der Waals surface area contributed by atoms with Crippen LogP contribution in [0.25, 0.3) is 10.7 Å². The fraction of sp³-hybridized carbons (Fsp3) is 0.143. The SMILES string of the molecule is Cc1ccc(-c2n[nH]c(S(=O)(=O)Cl)n2)s1. The van der Waals surface area contributed by atoms with E-state index in [1.54, 1.807) is 0 Å². The molecule has 80 valence electrons. The van der Waals surface area contributed by atoms with E-state index in [4.69, 9.17) is 10.7 Å². The highest BCUT2D eigenvalue weighted by molar-refractivity contribution is 8.13. The molecule has 2 rings (SSSR count). The summed E-state index contributed by atoms with van der Waals surface area (Å²) in [7, 11) is 1.27. The van der Waals surface area contributed by atoms with Crippen LogP contribution in [0.1, 0.15) is 4.88 Å². The van der Waals surface area contributed by atoms with Crippen LogP contribution in [0.2, 0.25) is 0 Å². The highest BCUT2D eigenvalue weighted by Crippen LogP contribution is 2.25. The smallest absolute Gasteiger partial charge is 0.248 e. The normalized spacial score (nSPS) is 11.9. The summed E-state index contributed by atoms with van der Waals surface area (Å²) in [5.41, 5.74) is 0. The van der Waals surface area contributed by atoms with Crippen LogP contribution in [0.5, 0.6) is 0 Å². The first kappa shape index (κ1) is 10.6. The number of halogens is 1. The first-order valence-corrected chi connectivity index (χ1v) is 7.03. The third kappa shape index (κ3) is 2.19. The number of nitrogens with one attached hydrogen (secondary N) is 1. The van der Waals surface area contributed by atoms with Crippen LogP contribution >= 0.6 is 22.0 Å². The average Bonchev–Trinajstić information content (AvgIpc) is 2.69. The molecule has 0 unspecified atom stereocenters. The van der Waals surface area contributed by atoms with Crippen molar-refractivity contribution < 1.29 is 8.42 Å². The lowest BCUT2D eigenvalue weighted by atomic mass is 10.4. The van der Waals surface area contributed by atoms with E-state index < -0.39 is 9.05 Å². The Morgan fingerprint density at radius 3 is 2.67 bits per heavy atom. The van der Waals surface area contributed by atoms with Gasteiger partial charge in [-0.15, -0.1) is 11.3 Å². The highest BCUT2D eigenvalue weighted by atomic mass is 35.7. The number of aromatic nitrogens is 3. The average molecular weight is 264 g/mol. The summed E-state index contributed by atoms with van der Waals surface area (Å²) in [5.74, 6) is 0.340. The third-order valence-corrected chi connectivity index (χ3v) is 3.74. The molecule has 0 aliphatic rings. The van der Waals surface area contributed by atoms with Gasteiger partial charge in [0.2, 0.25) is 0 Å². The van der Waals surface area contributed by atoms with Gasteiger partial charge < -0.3 is 0 Å². The van der Waals surface area contributed by atoms with Gasteiger partial charge in [-0.1, -0.05) is 0 Å². The van der Waals surface area contributed by atoms with E-state index in [1.807, 2.05) is 19.1 Å². The van der Waals surface area contributed by atoms with Gasteiger partial charge in [-0.2, -0.15) is 10.1 Å². The summed E-state index contributed by atoms with van der Waals surface area (Å²) < 4.78 is 21.8. The number of hydrogen-bond donors (Lipinski definition) is 1. The molecule has 2 aromatic heterocycles. The summed E-state index contributed by atoms with van der Waals surface area (Å²) in [4.78, 5) is 5.69. The van der Waals surface area contributed by atoms with Crippen molar-refractivity contribution in [2.75, 3.05) is 0 Å². The van der Waals surface area contributed by atoms with Gasteiger partial charge in [0.25, 0.3) is 14.2 Å². The molecule has 0 bridgehead atoms. The van der Waals surface area contributed by atoms with E-state index in [1.165, 1.54) is 11.3 Å². The number of aryl methyl sites for hydroxylation is 1. The summed E-state index contributed by atoms with van der Waals surface area (Å²) in [5, 5.41) is 5.73. The first-order valence-electron chi connectivity index (χ1n) is 3.91. The Bertz CT molecular complexity index is 587. The molecular formula is C7H6ClN3O2S2. The Morgan fingerprint density at radius 2 is 2.20 bits per heavy atom. The van der Waals surface area contributed by atoms with E-state index in [0.29, 0.717) is 5.82 Å². The fourth-order valence-electron chi connectivity index (χ4n) is 1.02. The molecule has 0 fully saturated rings. The van der Waals surface area contributed by atoms with Gasteiger partial charge in [-0.3, -0.25) is 0 Å². The molecule has 5 nitrogen and oxygen atoms in total. The summed E-state index contributed by atoms with van der Waals surface area (Å²) in [6, 6.07) is 3.74. The second-order valence-corrected chi connectivity index (χ2v) is 6.58. The lowest BCUT2D eigenvalue weighted by molar-refractivity contribution is 0.602. The van der Waals surface area contributed by atoms with Crippen molar-refractivity contribution in [1.29, 1.82) is 0 Å². The predicted molar refractivity (Wildman–Crippen MR) is 57.5 cm³/mol. The quantitative estimate of drug-likeness (QED) is 0.838. The molecular weight excluding hydrogens is 258 g/mol. The molecule has 2 heterocycles. The standard InChI is InChI=1S/C7H6ClN3O2S2/c1-4-2-3-5(14-4)6-9-7(11-10-6)15(8,12)13/h2-3H,1H3,(H,9,10,11). The van der Waals surface area contributed by atoms with Crippen molar-refractivity contribution in [3.63, 3.8) is 0 Å². The fourth-order valence-corrected chi connectivity index (χ4v) is 2.38. The van der Waals surface area contributed by atoms with Crippen molar-refractivity contribution in [2.24, 2.45) is 0 Å². The minimum Gasteiger partial charge on any atom is -0.248 e. The van der Waals surface area contributed by atoms with E-state index in [-0.39, 0.29) is 5.16 Å². The van der Waals surface area contributed by atoms with Gasteiger partial charge in [0, 0.05) is 15.6 Å². The molecule has 15 heavy (non-hydrogen) atoms. The summed E-state index contributed by atoms with van der Waals surface area (Å²) >= 11 is 1.48. The van der Waals surface area contributed by atoms with E-state index in [9.17, 15) is 8.42 Å². The van der Waals surface area contributed by atoms with Crippen molar-refractivity contribution in [3.8, 4) is 10.7 Å². The zero-order chi connectivity index (χ0) is 11.1. The molecule has 1 N–H and O–H groups in total. The lowest BCUT2D eigenvalue weighted by Gasteiger charge is -1.85. The summed E-state index contributed by atoms with van der Waals surface area (Å²) in [6.45, 7) is 1.94. The topological polar surface area (TPSA) is 75.7 Å². The highest BCUT2D eigenvalue weighted by Gasteiger charge is 2.17. The van der Waals surface area contributed by atoms with Crippen LogP contribution in [0.4, 0.5) is 0 Å². The van der Waals surface area contributed by atoms with Crippen LogP contribution in [-0.4, -0.2) is 23.6 Å². The molecule has 0 aliphatic heterocycles. The van der Waals surface area contributed by atoms with Gasteiger partial charge in [0.15, 0.2) is 5.82 Å². The van der Waals surface area contributed by atoms with E-state index in [2.05, 4.69) is 15.2 Å². The number of hydrogen-bond acceptors (Lipinski definition) is 5. The molecule has 0 aliphatic carbocycles. The van der Waals surface area contributed by atoms with Gasteiger partial charge >= 0.3 is 0 Å². The molecule has 0 aromatic carbocycles. The predicted octanol–water partition coefficient (Wildman–Crippen LogP) is 1.77. The monoisotopic (exact) mass is 263 g/mol. The largest absolute Gasteiger partial charge is 0.296 e. The van der Waals surface area contributed by atoms with Gasteiger partial charge in [0.05, 0.1) is 4.88 Å². The second kappa shape index (κ2) is 3.58. The molecule has 0 atom stereocenters. The van der Waals surface area contributed by atoms with Crippen molar-refractivity contribution in [3.05, 3.63) is 17.0 Å². The second-order valence-electron chi connectivity index (χ2n) is 2.81. The van der Waals surface area contributed by atoms with Crippen molar-refractivity contribution in [1.82, 2.24) is 15.2 Å². The summed E-state index contributed by atoms with van der Waals surface area (Å²) in [6.07, 6.45) is 0. The van der Waals surface area contributed by atoms with E-state index in [0.717, 1.165) is 9.75 Å². The van der Waals surface area contributed by atoms with Crippen LogP contribution in [0.15, 0.2) is 17.3 Å². The first-order chi connectivity index (χ1) is 6.97. The Balaban J connectivity index is 2.44. The maximum Gasteiger partial charge on any atom is 0.296 e. The van der Waals surface area contributed by atoms with Crippen LogP contribution in [0, 0.1) is 6.92 Å². The molecule has 0 spiro atoms. The number of nitrogens with zero attached hydrogens (tertiary/aromatic N) is 2. The Labute approximate surface area is 94.5 Å². The Kier molecular flexibility index (Phi) is 2.53. The van der Waals surface area contributed by atoms with E-state index >= 15 is 0 Å². The molecule has 0 amide bonds. The van der Waals surface area contributed by atoms with Crippen LogP contribution < -0.4 is 0 Å². The Morgan fingerprint density at radius 1 is 1.47 bits per heavy atom. The van der Waals surface area contributed by atoms with Crippen LogP contribution in [-0.2, 0) is 9.05 Å². The number of thiophene rings is 1. The van der Waals surface area contributed by atoms with Crippen molar-refractivity contribution in [2.45, 2.75) is 12.1 Å². The number of rotatable bonds is 2. The third-order valence-electron chi connectivity index (χ3n) is 1.66. The van der Waals surface area contributed by atoms with Gasteiger partial charge in [-0.05, 0) is 19.1 Å². The zero-order valence-corrected chi connectivity index (χ0v) is 9.95. The molecule has 2 aromatic rings. The molecule has 0 saturated carbocycles. The lowest BCUT2D eigenvalue weighted by Crippen LogP contribution is -1.92. The molecule has 8 heteroatoms. The maximum atomic E-state index is 10.9. The minimum atomic E-state index is -3.84. The minimum absolute atomic E-state index is 0.329. The van der Waals surface area contributed by atoms with Gasteiger partial charge in [-0.25, -0.2) is 13.5 Å². The zero-order valence-electron chi connectivity index (χ0n) is 7.56. The number of H-pyrrole nitrogens is 1.